The fourth-order valence-corrected chi connectivity index (χ4v) is 4.70. The molecular weight excluding hydrogens is 324 g/mol. The molecule has 3 aromatic rings. The van der Waals surface area contributed by atoms with Gasteiger partial charge < -0.3 is 0 Å². The minimum absolute atomic E-state index is 0.761. The van der Waals surface area contributed by atoms with Gasteiger partial charge in [0.15, 0.2) is 0 Å². The highest BCUT2D eigenvalue weighted by atomic mass is 32.1. The van der Waals surface area contributed by atoms with Crippen molar-refractivity contribution in [3.8, 4) is 11.1 Å². The maximum Gasteiger partial charge on any atom is 0.105 e. The zero-order valence-electron chi connectivity index (χ0n) is 14.9. The van der Waals surface area contributed by atoms with Gasteiger partial charge in [-0.15, -0.1) is 0 Å². The molecule has 0 amide bonds. The fourth-order valence-electron chi connectivity index (χ4n) is 4.19. The molecule has 1 saturated carbocycles. The van der Waals surface area contributed by atoms with Crippen molar-refractivity contribution >= 4 is 22.8 Å². The van der Waals surface area contributed by atoms with E-state index >= 15 is 0 Å². The van der Waals surface area contributed by atoms with Gasteiger partial charge in [-0.05, 0) is 66.3 Å². The Kier molecular flexibility index (Phi) is 5.12. The topological polar surface area (TPSA) is 25.8 Å². The van der Waals surface area contributed by atoms with Crippen molar-refractivity contribution in [2.45, 2.75) is 57.8 Å². The summed E-state index contributed by atoms with van der Waals surface area (Å²) in [5.41, 5.74) is 6.02. The molecule has 2 nitrogen and oxygen atoms in total. The van der Waals surface area contributed by atoms with E-state index in [1.165, 1.54) is 73.4 Å². The van der Waals surface area contributed by atoms with Gasteiger partial charge in [-0.1, -0.05) is 56.5 Å². The summed E-state index contributed by atoms with van der Waals surface area (Å²) in [4.78, 5) is 0. The van der Waals surface area contributed by atoms with Crippen LogP contribution >= 0.6 is 11.7 Å². The number of benzene rings is 2. The summed E-state index contributed by atoms with van der Waals surface area (Å²) in [7, 11) is 0. The molecule has 25 heavy (non-hydrogen) atoms. The van der Waals surface area contributed by atoms with Gasteiger partial charge in [0.1, 0.15) is 11.0 Å². The lowest BCUT2D eigenvalue weighted by Crippen LogP contribution is -2.13. The van der Waals surface area contributed by atoms with Gasteiger partial charge >= 0.3 is 0 Å². The van der Waals surface area contributed by atoms with Crippen molar-refractivity contribution in [3.63, 3.8) is 0 Å². The molecule has 130 valence electrons. The molecule has 1 fully saturated rings. The largest absolute Gasteiger partial charge is 0.173 e. The number of nitrogens with zero attached hydrogens (tertiary/aromatic N) is 2. The van der Waals surface area contributed by atoms with Gasteiger partial charge in [-0.2, -0.15) is 8.75 Å². The standard InChI is InChI=1S/C22H26N2S/c1-2-3-4-16-5-7-17(8-6-16)18-9-11-19(12-10-18)20-13-14-21-22(15-20)24-25-23-21/h9-17H,2-8H2,1H3. The molecule has 0 N–H and O–H groups in total. The third-order valence-corrected chi connectivity index (χ3v) is 6.34. The molecule has 0 aliphatic heterocycles. The maximum atomic E-state index is 4.35. The SMILES string of the molecule is CCCCC1CCC(c2ccc(-c3ccc4nsnc4c3)cc2)CC1. The van der Waals surface area contributed by atoms with E-state index in [4.69, 9.17) is 0 Å². The van der Waals surface area contributed by atoms with E-state index in [1.807, 2.05) is 0 Å². The second-order valence-electron chi connectivity index (χ2n) is 7.45. The van der Waals surface area contributed by atoms with Crippen LogP contribution in [-0.4, -0.2) is 8.75 Å². The van der Waals surface area contributed by atoms with Crippen LogP contribution in [0.2, 0.25) is 0 Å². The maximum absolute atomic E-state index is 4.35. The number of rotatable bonds is 5. The van der Waals surface area contributed by atoms with Crippen LogP contribution in [0, 0.1) is 5.92 Å². The van der Waals surface area contributed by atoms with E-state index in [-0.39, 0.29) is 0 Å². The highest BCUT2D eigenvalue weighted by Crippen LogP contribution is 2.38. The van der Waals surface area contributed by atoms with E-state index in [0.29, 0.717) is 0 Å². The second-order valence-corrected chi connectivity index (χ2v) is 7.98. The summed E-state index contributed by atoms with van der Waals surface area (Å²) < 4.78 is 8.64. The van der Waals surface area contributed by atoms with E-state index in [0.717, 1.165) is 22.9 Å². The predicted molar refractivity (Wildman–Crippen MR) is 107 cm³/mol. The molecule has 0 unspecified atom stereocenters. The van der Waals surface area contributed by atoms with Gasteiger partial charge in [0, 0.05) is 0 Å². The van der Waals surface area contributed by atoms with Crippen LogP contribution in [0.5, 0.6) is 0 Å². The Hall–Kier alpha value is -1.74. The molecule has 0 atom stereocenters. The average Bonchev–Trinajstić information content (AvgIpc) is 3.15. The zero-order valence-corrected chi connectivity index (χ0v) is 15.8. The lowest BCUT2D eigenvalue weighted by atomic mass is 9.77. The summed E-state index contributed by atoms with van der Waals surface area (Å²) in [6.07, 6.45) is 9.75. The fraction of sp³-hybridized carbons (Fsp3) is 0.455. The summed E-state index contributed by atoms with van der Waals surface area (Å²) in [5, 5.41) is 0. The smallest absolute Gasteiger partial charge is 0.105 e. The first kappa shape index (κ1) is 16.7. The van der Waals surface area contributed by atoms with Crippen LogP contribution in [0.3, 0.4) is 0 Å². The van der Waals surface area contributed by atoms with Crippen LogP contribution in [-0.2, 0) is 0 Å². The summed E-state index contributed by atoms with van der Waals surface area (Å²) in [5.74, 6) is 1.74. The first-order chi connectivity index (χ1) is 12.3. The Labute approximate surface area is 154 Å². The van der Waals surface area contributed by atoms with E-state index in [1.54, 1.807) is 0 Å². The van der Waals surface area contributed by atoms with Gasteiger partial charge in [-0.3, -0.25) is 0 Å². The van der Waals surface area contributed by atoms with Crippen LogP contribution in [0.1, 0.15) is 63.4 Å². The van der Waals surface area contributed by atoms with Gasteiger partial charge in [0.2, 0.25) is 0 Å². The number of hydrogen-bond donors (Lipinski definition) is 0. The second kappa shape index (κ2) is 7.65. The number of hydrogen-bond acceptors (Lipinski definition) is 3. The minimum atomic E-state index is 0.761. The van der Waals surface area contributed by atoms with E-state index in [9.17, 15) is 0 Å². The average molecular weight is 351 g/mol. The molecule has 0 bridgehead atoms. The highest BCUT2D eigenvalue weighted by Gasteiger charge is 2.21. The number of unbranched alkanes of at least 4 members (excludes halogenated alkanes) is 1. The van der Waals surface area contributed by atoms with Gasteiger partial charge in [0.25, 0.3) is 0 Å². The Morgan fingerprint density at radius 2 is 1.60 bits per heavy atom. The van der Waals surface area contributed by atoms with Crippen molar-refractivity contribution in [2.75, 3.05) is 0 Å². The third-order valence-electron chi connectivity index (χ3n) is 5.78. The van der Waals surface area contributed by atoms with Gasteiger partial charge in [0.05, 0.1) is 11.7 Å². The van der Waals surface area contributed by atoms with Gasteiger partial charge in [-0.25, -0.2) is 0 Å². The normalized spacial score (nSPS) is 20.8. The Morgan fingerprint density at radius 3 is 2.36 bits per heavy atom. The van der Waals surface area contributed by atoms with Crippen LogP contribution in [0.4, 0.5) is 0 Å². The summed E-state index contributed by atoms with van der Waals surface area (Å²) in [6, 6.07) is 15.6. The first-order valence-corrected chi connectivity index (χ1v) is 10.4. The van der Waals surface area contributed by atoms with E-state index < -0.39 is 0 Å². The number of fused-ring (bicyclic) bond motifs is 1. The monoisotopic (exact) mass is 350 g/mol. The molecule has 3 heteroatoms. The van der Waals surface area contributed by atoms with Crippen LogP contribution in [0.25, 0.3) is 22.2 Å². The summed E-state index contributed by atoms with van der Waals surface area (Å²) >= 11 is 1.28. The first-order valence-electron chi connectivity index (χ1n) is 9.66. The molecule has 0 saturated heterocycles. The minimum Gasteiger partial charge on any atom is -0.173 e. The molecule has 1 aliphatic rings. The highest BCUT2D eigenvalue weighted by molar-refractivity contribution is 7.00. The van der Waals surface area contributed by atoms with Crippen LogP contribution in [0.15, 0.2) is 42.5 Å². The molecule has 0 radical (unpaired) electrons. The Balaban J connectivity index is 1.43. The zero-order chi connectivity index (χ0) is 17.1. The lowest BCUT2D eigenvalue weighted by molar-refractivity contribution is 0.304. The molecule has 2 aromatic carbocycles. The molecule has 1 aliphatic carbocycles. The Morgan fingerprint density at radius 1 is 0.880 bits per heavy atom. The molecule has 1 heterocycles. The molecular formula is C22H26N2S. The van der Waals surface area contributed by atoms with Crippen molar-refractivity contribution in [3.05, 3.63) is 48.0 Å². The third kappa shape index (κ3) is 3.77. The molecule has 1 aromatic heterocycles. The predicted octanol–water partition coefficient (Wildman–Crippen LogP) is 6.82. The van der Waals surface area contributed by atoms with Crippen LogP contribution < -0.4 is 0 Å². The van der Waals surface area contributed by atoms with Crippen molar-refractivity contribution < 1.29 is 0 Å². The summed E-state index contributed by atoms with van der Waals surface area (Å²) in [6.45, 7) is 2.30. The molecule has 0 spiro atoms. The van der Waals surface area contributed by atoms with Crippen molar-refractivity contribution in [1.82, 2.24) is 8.75 Å². The lowest BCUT2D eigenvalue weighted by Gasteiger charge is -2.29. The van der Waals surface area contributed by atoms with E-state index in [2.05, 4.69) is 58.1 Å². The molecule has 4 rings (SSSR count). The van der Waals surface area contributed by atoms with Crippen molar-refractivity contribution in [1.29, 1.82) is 0 Å². The Bertz CT molecular complexity index is 813. The quantitative estimate of drug-likeness (QED) is 0.504. The number of aromatic nitrogens is 2. The van der Waals surface area contributed by atoms with Crippen molar-refractivity contribution in [2.24, 2.45) is 5.92 Å².